The molecule has 1 aromatic heterocycles. The summed E-state index contributed by atoms with van der Waals surface area (Å²) in [6.07, 6.45) is 6.22. The molecule has 98 valence electrons. The zero-order valence-corrected chi connectivity index (χ0v) is 11.1. The monoisotopic (exact) mass is 249 g/mol. The van der Waals surface area contributed by atoms with Gasteiger partial charge in [0.2, 0.25) is 0 Å². The number of carbonyl (C=O) groups excluding carboxylic acids is 1. The third-order valence-corrected chi connectivity index (χ3v) is 2.64. The lowest BCUT2D eigenvalue weighted by atomic mass is 10.2. The van der Waals surface area contributed by atoms with Crippen LogP contribution in [0.25, 0.3) is 5.70 Å². The molecule has 0 bridgehead atoms. The Morgan fingerprint density at radius 2 is 2.22 bits per heavy atom. The van der Waals surface area contributed by atoms with Crippen molar-refractivity contribution in [3.05, 3.63) is 24.5 Å². The van der Waals surface area contributed by atoms with E-state index in [4.69, 9.17) is 4.74 Å². The van der Waals surface area contributed by atoms with Crippen molar-refractivity contribution < 1.29 is 9.53 Å². The predicted molar refractivity (Wildman–Crippen MR) is 68.9 cm³/mol. The molecule has 18 heavy (non-hydrogen) atoms. The van der Waals surface area contributed by atoms with E-state index in [0.717, 1.165) is 12.1 Å². The Balaban J connectivity index is 1.96. The summed E-state index contributed by atoms with van der Waals surface area (Å²) in [5.41, 5.74) is 0.683. The molecule has 0 fully saturated rings. The Labute approximate surface area is 107 Å². The van der Waals surface area contributed by atoms with Gasteiger partial charge in [0.25, 0.3) is 0 Å². The summed E-state index contributed by atoms with van der Waals surface area (Å²) in [6.45, 7) is 6.87. The average Bonchev–Trinajstić information content (AvgIpc) is 2.80. The van der Waals surface area contributed by atoms with E-state index in [1.807, 2.05) is 43.8 Å². The maximum atomic E-state index is 11.9. The van der Waals surface area contributed by atoms with Crippen LogP contribution in [-0.4, -0.2) is 39.5 Å². The van der Waals surface area contributed by atoms with E-state index < -0.39 is 5.60 Å². The quantitative estimate of drug-likeness (QED) is 0.767. The number of aromatic nitrogens is 2. The molecule has 1 aliphatic rings. The topological polar surface area (TPSA) is 47.4 Å². The molecule has 2 rings (SSSR count). The number of hydrogen-bond donors (Lipinski definition) is 0. The second-order valence-corrected chi connectivity index (χ2v) is 5.32. The van der Waals surface area contributed by atoms with Gasteiger partial charge in [0.1, 0.15) is 5.60 Å². The smallest absolute Gasteiger partial charge is 0.410 e. The van der Waals surface area contributed by atoms with Crippen LogP contribution in [0.2, 0.25) is 0 Å². The van der Waals surface area contributed by atoms with Crippen molar-refractivity contribution in [3.8, 4) is 0 Å². The highest BCUT2D eigenvalue weighted by Crippen LogP contribution is 2.17. The number of carbonyl (C=O) groups is 1. The largest absolute Gasteiger partial charge is 0.444 e. The van der Waals surface area contributed by atoms with E-state index in [1.54, 1.807) is 11.1 Å². The molecule has 2 heterocycles. The standard InChI is InChI=1S/C13H19N3O2/c1-13(2,3)18-12(17)15-9-5-11(6-10-15)16-8-4-7-14-16/h4-5,7-8H,6,9-10H2,1-3H3. The van der Waals surface area contributed by atoms with Crippen molar-refractivity contribution in [2.24, 2.45) is 0 Å². The van der Waals surface area contributed by atoms with Crippen LogP contribution in [0, 0.1) is 0 Å². The zero-order chi connectivity index (χ0) is 13.2. The van der Waals surface area contributed by atoms with Crippen molar-refractivity contribution in [1.82, 2.24) is 14.7 Å². The first-order valence-corrected chi connectivity index (χ1v) is 6.13. The molecule has 0 spiro atoms. The molecule has 0 atom stereocenters. The minimum atomic E-state index is -0.441. The summed E-state index contributed by atoms with van der Waals surface area (Å²) in [4.78, 5) is 13.6. The molecular formula is C13H19N3O2. The van der Waals surface area contributed by atoms with Crippen molar-refractivity contribution >= 4 is 11.8 Å². The van der Waals surface area contributed by atoms with Gasteiger partial charge in [-0.2, -0.15) is 5.10 Å². The van der Waals surface area contributed by atoms with Crippen LogP contribution in [-0.2, 0) is 4.74 Å². The Morgan fingerprint density at radius 1 is 1.44 bits per heavy atom. The Bertz CT molecular complexity index is 443. The SMILES string of the molecule is CC(C)(C)OC(=O)N1CC=C(n2cccn2)CC1. The average molecular weight is 249 g/mol. The number of hydrogen-bond acceptors (Lipinski definition) is 3. The van der Waals surface area contributed by atoms with E-state index in [9.17, 15) is 4.79 Å². The first-order valence-electron chi connectivity index (χ1n) is 6.13. The fourth-order valence-corrected chi connectivity index (χ4v) is 1.80. The summed E-state index contributed by atoms with van der Waals surface area (Å²) >= 11 is 0. The highest BCUT2D eigenvalue weighted by atomic mass is 16.6. The first kappa shape index (κ1) is 12.7. The molecule has 0 saturated heterocycles. The molecule has 0 unspecified atom stereocenters. The minimum absolute atomic E-state index is 0.252. The van der Waals surface area contributed by atoms with Gasteiger partial charge in [-0.1, -0.05) is 0 Å². The van der Waals surface area contributed by atoms with Crippen LogP contribution in [0.1, 0.15) is 27.2 Å². The second-order valence-electron chi connectivity index (χ2n) is 5.32. The lowest BCUT2D eigenvalue weighted by Crippen LogP contribution is -2.39. The molecule has 0 aliphatic carbocycles. The van der Waals surface area contributed by atoms with E-state index in [0.29, 0.717) is 13.1 Å². The first-order chi connectivity index (χ1) is 8.46. The lowest BCUT2D eigenvalue weighted by Gasteiger charge is -2.29. The maximum absolute atomic E-state index is 11.9. The van der Waals surface area contributed by atoms with E-state index in [-0.39, 0.29) is 6.09 Å². The van der Waals surface area contributed by atoms with Crippen LogP contribution in [0.4, 0.5) is 4.79 Å². The van der Waals surface area contributed by atoms with Gasteiger partial charge in [-0.25, -0.2) is 9.48 Å². The third kappa shape index (κ3) is 3.12. The molecule has 1 amide bonds. The van der Waals surface area contributed by atoms with Crippen LogP contribution in [0.3, 0.4) is 0 Å². The molecule has 0 saturated carbocycles. The summed E-state index contributed by atoms with van der Waals surface area (Å²) in [5, 5.41) is 4.18. The summed E-state index contributed by atoms with van der Waals surface area (Å²) in [6, 6.07) is 1.89. The summed E-state index contributed by atoms with van der Waals surface area (Å²) < 4.78 is 7.18. The van der Waals surface area contributed by atoms with Gasteiger partial charge in [0.05, 0.1) is 0 Å². The van der Waals surface area contributed by atoms with Crippen LogP contribution in [0.15, 0.2) is 24.5 Å². The maximum Gasteiger partial charge on any atom is 0.410 e. The molecule has 5 nitrogen and oxygen atoms in total. The predicted octanol–water partition coefficient (Wildman–Crippen LogP) is 2.36. The molecule has 0 aromatic carbocycles. The highest BCUT2D eigenvalue weighted by molar-refractivity contribution is 5.69. The van der Waals surface area contributed by atoms with Gasteiger partial charge in [-0.05, 0) is 32.9 Å². The van der Waals surface area contributed by atoms with Gasteiger partial charge in [-0.15, -0.1) is 0 Å². The van der Waals surface area contributed by atoms with Gasteiger partial charge < -0.3 is 9.64 Å². The van der Waals surface area contributed by atoms with Crippen LogP contribution >= 0.6 is 0 Å². The van der Waals surface area contributed by atoms with Crippen molar-refractivity contribution in [3.63, 3.8) is 0 Å². The highest BCUT2D eigenvalue weighted by Gasteiger charge is 2.23. The number of ether oxygens (including phenoxy) is 1. The Morgan fingerprint density at radius 3 is 2.72 bits per heavy atom. The van der Waals surface area contributed by atoms with Gasteiger partial charge in [0, 0.05) is 37.6 Å². The van der Waals surface area contributed by atoms with Crippen molar-refractivity contribution in [2.45, 2.75) is 32.8 Å². The molecule has 0 N–H and O–H groups in total. The van der Waals surface area contributed by atoms with E-state index in [1.165, 1.54) is 0 Å². The molecule has 0 radical (unpaired) electrons. The van der Waals surface area contributed by atoms with E-state index in [2.05, 4.69) is 5.10 Å². The second kappa shape index (κ2) is 4.84. The molecule has 1 aliphatic heterocycles. The number of amides is 1. The van der Waals surface area contributed by atoms with Crippen LogP contribution in [0.5, 0.6) is 0 Å². The van der Waals surface area contributed by atoms with Crippen molar-refractivity contribution in [2.75, 3.05) is 13.1 Å². The Hall–Kier alpha value is -1.78. The van der Waals surface area contributed by atoms with Crippen LogP contribution < -0.4 is 0 Å². The number of rotatable bonds is 1. The van der Waals surface area contributed by atoms with Crippen molar-refractivity contribution in [1.29, 1.82) is 0 Å². The fourth-order valence-electron chi connectivity index (χ4n) is 1.80. The summed E-state index contributed by atoms with van der Waals surface area (Å²) in [7, 11) is 0. The van der Waals surface area contributed by atoms with Gasteiger partial charge >= 0.3 is 6.09 Å². The lowest BCUT2D eigenvalue weighted by molar-refractivity contribution is 0.0269. The zero-order valence-electron chi connectivity index (χ0n) is 11.1. The normalized spacial score (nSPS) is 16.4. The molecule has 5 heteroatoms. The van der Waals surface area contributed by atoms with Gasteiger partial charge in [-0.3, -0.25) is 0 Å². The fraction of sp³-hybridized carbons (Fsp3) is 0.538. The van der Waals surface area contributed by atoms with Gasteiger partial charge in [0.15, 0.2) is 0 Å². The molecular weight excluding hydrogens is 230 g/mol. The summed E-state index contributed by atoms with van der Waals surface area (Å²) in [5.74, 6) is 0. The Kier molecular flexibility index (Phi) is 3.41. The molecule has 1 aromatic rings. The third-order valence-electron chi connectivity index (χ3n) is 2.64. The van der Waals surface area contributed by atoms with E-state index >= 15 is 0 Å². The minimum Gasteiger partial charge on any atom is -0.444 e. The number of nitrogens with zero attached hydrogens (tertiary/aromatic N) is 3.